The average Bonchev–Trinajstić information content (AvgIpc) is 3.38. The number of hydrogen-bond acceptors (Lipinski definition) is 4. The van der Waals surface area contributed by atoms with E-state index in [0.29, 0.717) is 11.1 Å². The first-order valence-electron chi connectivity index (χ1n) is 7.49. The predicted octanol–water partition coefficient (Wildman–Crippen LogP) is 4.21. The van der Waals surface area contributed by atoms with Crippen LogP contribution in [-0.2, 0) is 0 Å². The molecule has 1 heterocycles. The van der Waals surface area contributed by atoms with Crippen LogP contribution in [0.25, 0.3) is 0 Å². The number of nitrogens with zero attached hydrogens (tertiary/aromatic N) is 3. The lowest BCUT2D eigenvalue weighted by Gasteiger charge is -2.27. The Morgan fingerprint density at radius 2 is 1.91 bits per heavy atom. The van der Waals surface area contributed by atoms with Crippen molar-refractivity contribution < 1.29 is 4.74 Å². The maximum atomic E-state index is 6.16. The van der Waals surface area contributed by atoms with Crippen LogP contribution in [0.4, 0.5) is 5.82 Å². The fourth-order valence-corrected chi connectivity index (χ4v) is 2.62. The molecule has 0 spiro atoms. The van der Waals surface area contributed by atoms with Gasteiger partial charge in [-0.3, -0.25) is 0 Å². The zero-order valence-electron chi connectivity index (χ0n) is 13.1. The van der Waals surface area contributed by atoms with Crippen molar-refractivity contribution in [3.8, 4) is 5.75 Å². The van der Waals surface area contributed by atoms with Crippen LogP contribution >= 0.6 is 11.6 Å². The van der Waals surface area contributed by atoms with Crippen molar-refractivity contribution in [2.75, 3.05) is 19.1 Å². The minimum absolute atomic E-state index is 0.184. The van der Waals surface area contributed by atoms with E-state index in [9.17, 15) is 0 Å². The van der Waals surface area contributed by atoms with Gasteiger partial charge in [0.05, 0.1) is 13.2 Å². The number of hydrogen-bond donors (Lipinski definition) is 0. The van der Waals surface area contributed by atoms with E-state index in [-0.39, 0.29) is 6.04 Å². The van der Waals surface area contributed by atoms with Crippen LogP contribution in [0.5, 0.6) is 5.75 Å². The van der Waals surface area contributed by atoms with Crippen molar-refractivity contribution in [2.45, 2.75) is 31.7 Å². The van der Waals surface area contributed by atoms with Crippen LogP contribution in [0.3, 0.4) is 0 Å². The fourth-order valence-electron chi connectivity index (χ4n) is 2.43. The lowest BCUT2D eigenvalue weighted by molar-refractivity contribution is 0.414. The highest BCUT2D eigenvalue weighted by Gasteiger charge is 2.28. The van der Waals surface area contributed by atoms with Gasteiger partial charge in [0.25, 0.3) is 0 Å². The van der Waals surface area contributed by atoms with Gasteiger partial charge < -0.3 is 9.64 Å². The van der Waals surface area contributed by atoms with E-state index in [1.807, 2.05) is 25.2 Å². The Labute approximate surface area is 136 Å². The smallest absolute Gasteiger partial charge is 0.135 e. The van der Waals surface area contributed by atoms with E-state index in [1.165, 1.54) is 5.56 Å². The van der Waals surface area contributed by atoms with E-state index in [0.717, 1.165) is 30.2 Å². The molecule has 116 valence electrons. The van der Waals surface area contributed by atoms with E-state index in [2.05, 4.69) is 33.9 Å². The second kappa shape index (κ2) is 6.13. The summed E-state index contributed by atoms with van der Waals surface area (Å²) >= 11 is 6.16. The molecule has 3 rings (SSSR count). The molecule has 1 aliphatic rings. The van der Waals surface area contributed by atoms with Crippen LogP contribution < -0.4 is 9.64 Å². The summed E-state index contributed by atoms with van der Waals surface area (Å²) < 4.78 is 5.21. The quantitative estimate of drug-likeness (QED) is 0.774. The highest BCUT2D eigenvalue weighted by Crippen LogP contribution is 2.39. The number of methoxy groups -OCH3 is 1. The minimum Gasteiger partial charge on any atom is -0.497 e. The van der Waals surface area contributed by atoms with Crippen molar-refractivity contribution >= 4 is 17.4 Å². The second-order valence-electron chi connectivity index (χ2n) is 5.74. The summed E-state index contributed by atoms with van der Waals surface area (Å²) in [5.74, 6) is 3.09. The molecule has 0 aliphatic heterocycles. The Hall–Kier alpha value is -1.81. The summed E-state index contributed by atoms with van der Waals surface area (Å²) in [5.41, 5.74) is 1.20. The molecule has 1 atom stereocenters. The van der Waals surface area contributed by atoms with E-state index >= 15 is 0 Å². The molecular weight excluding hydrogens is 298 g/mol. The number of rotatable bonds is 5. The summed E-state index contributed by atoms with van der Waals surface area (Å²) in [7, 11) is 3.71. The third-order valence-corrected chi connectivity index (χ3v) is 4.38. The Balaban J connectivity index is 1.83. The monoisotopic (exact) mass is 317 g/mol. The number of halogens is 1. The molecule has 0 bridgehead atoms. The number of benzene rings is 1. The van der Waals surface area contributed by atoms with Gasteiger partial charge in [-0.2, -0.15) is 0 Å². The first-order valence-corrected chi connectivity index (χ1v) is 7.87. The number of anilines is 1. The Kier molecular flexibility index (Phi) is 4.21. The molecule has 1 aromatic heterocycles. The van der Waals surface area contributed by atoms with Crippen LogP contribution in [0.2, 0.25) is 5.15 Å². The standard InChI is InChI=1S/C17H20ClN3O/c1-11(12-6-8-14(22-3)9-7-12)21(2)16-10-15(18)19-17(20-16)13-4-5-13/h6-11,13H,4-5H2,1-3H3. The molecule has 22 heavy (non-hydrogen) atoms. The second-order valence-corrected chi connectivity index (χ2v) is 6.13. The Morgan fingerprint density at radius 3 is 2.50 bits per heavy atom. The zero-order chi connectivity index (χ0) is 15.7. The van der Waals surface area contributed by atoms with Gasteiger partial charge in [-0.25, -0.2) is 9.97 Å². The SMILES string of the molecule is COc1ccc(C(C)N(C)c2cc(Cl)nc(C3CC3)n2)cc1. The average molecular weight is 318 g/mol. The highest BCUT2D eigenvalue weighted by atomic mass is 35.5. The van der Waals surface area contributed by atoms with Crippen molar-refractivity contribution in [1.82, 2.24) is 9.97 Å². The maximum Gasteiger partial charge on any atom is 0.135 e. The lowest BCUT2D eigenvalue weighted by atomic mass is 10.1. The third-order valence-electron chi connectivity index (χ3n) is 4.18. The van der Waals surface area contributed by atoms with Gasteiger partial charge in [-0.15, -0.1) is 0 Å². The van der Waals surface area contributed by atoms with Crippen LogP contribution in [0.15, 0.2) is 30.3 Å². The van der Waals surface area contributed by atoms with Gasteiger partial charge in [-0.05, 0) is 37.5 Å². The minimum atomic E-state index is 0.184. The van der Waals surface area contributed by atoms with Crippen molar-refractivity contribution in [1.29, 1.82) is 0 Å². The van der Waals surface area contributed by atoms with E-state index < -0.39 is 0 Å². The molecule has 0 radical (unpaired) electrons. The summed E-state index contributed by atoms with van der Waals surface area (Å²) in [6.07, 6.45) is 2.33. The van der Waals surface area contributed by atoms with E-state index in [1.54, 1.807) is 7.11 Å². The summed E-state index contributed by atoms with van der Waals surface area (Å²) in [5, 5.41) is 0.515. The maximum absolute atomic E-state index is 6.16. The van der Waals surface area contributed by atoms with Gasteiger partial charge in [0.1, 0.15) is 22.5 Å². The summed E-state index contributed by atoms with van der Waals surface area (Å²) in [6, 6.07) is 10.1. The van der Waals surface area contributed by atoms with E-state index in [4.69, 9.17) is 16.3 Å². The molecule has 0 N–H and O–H groups in total. The first-order chi connectivity index (χ1) is 10.6. The topological polar surface area (TPSA) is 38.2 Å². The van der Waals surface area contributed by atoms with Crippen molar-refractivity contribution in [3.63, 3.8) is 0 Å². The van der Waals surface area contributed by atoms with Crippen LogP contribution in [-0.4, -0.2) is 24.1 Å². The third kappa shape index (κ3) is 3.17. The Morgan fingerprint density at radius 1 is 1.23 bits per heavy atom. The number of ether oxygens (including phenoxy) is 1. The van der Waals surface area contributed by atoms with Crippen LogP contribution in [0.1, 0.15) is 43.1 Å². The van der Waals surface area contributed by atoms with Gasteiger partial charge in [-0.1, -0.05) is 23.7 Å². The van der Waals surface area contributed by atoms with Crippen molar-refractivity contribution in [2.24, 2.45) is 0 Å². The molecule has 4 nitrogen and oxygen atoms in total. The molecular formula is C17H20ClN3O. The largest absolute Gasteiger partial charge is 0.497 e. The molecule has 0 saturated heterocycles. The molecule has 1 aliphatic carbocycles. The summed E-state index contributed by atoms with van der Waals surface area (Å²) in [4.78, 5) is 11.2. The molecule has 5 heteroatoms. The van der Waals surface area contributed by atoms with Crippen molar-refractivity contribution in [3.05, 3.63) is 46.9 Å². The van der Waals surface area contributed by atoms with Gasteiger partial charge in [0.15, 0.2) is 0 Å². The lowest BCUT2D eigenvalue weighted by Crippen LogP contribution is -2.23. The zero-order valence-corrected chi connectivity index (χ0v) is 13.8. The molecule has 2 aromatic rings. The fraction of sp³-hybridized carbons (Fsp3) is 0.412. The first kappa shape index (κ1) is 15.1. The summed E-state index contributed by atoms with van der Waals surface area (Å²) in [6.45, 7) is 2.15. The number of aromatic nitrogens is 2. The molecule has 1 fully saturated rings. The highest BCUT2D eigenvalue weighted by molar-refractivity contribution is 6.29. The molecule has 1 saturated carbocycles. The molecule has 1 aromatic carbocycles. The predicted molar refractivity (Wildman–Crippen MR) is 88.8 cm³/mol. The molecule has 0 amide bonds. The molecule has 1 unspecified atom stereocenters. The van der Waals surface area contributed by atoms with Gasteiger partial charge in [0, 0.05) is 19.0 Å². The van der Waals surface area contributed by atoms with Crippen LogP contribution in [0, 0.1) is 0 Å². The normalized spacial score (nSPS) is 15.5. The Bertz CT molecular complexity index is 655. The van der Waals surface area contributed by atoms with Gasteiger partial charge >= 0.3 is 0 Å². The van der Waals surface area contributed by atoms with Gasteiger partial charge in [0.2, 0.25) is 0 Å².